The number of sulfonamides is 1. The van der Waals surface area contributed by atoms with Crippen LogP contribution in [0.1, 0.15) is 48.4 Å². The summed E-state index contributed by atoms with van der Waals surface area (Å²) < 4.78 is 44.1. The van der Waals surface area contributed by atoms with Gasteiger partial charge in [0, 0.05) is 29.2 Å². The summed E-state index contributed by atoms with van der Waals surface area (Å²) in [5.41, 5.74) is 3.19. The van der Waals surface area contributed by atoms with Crippen molar-refractivity contribution < 1.29 is 12.8 Å². The van der Waals surface area contributed by atoms with Gasteiger partial charge in [-0.15, -0.1) is 0 Å². The van der Waals surface area contributed by atoms with E-state index in [1.165, 1.54) is 10.4 Å². The molecule has 36 heavy (non-hydrogen) atoms. The minimum absolute atomic E-state index is 0.0586. The molecule has 0 radical (unpaired) electrons. The van der Waals surface area contributed by atoms with Crippen LogP contribution in [-0.2, 0) is 10.0 Å². The Morgan fingerprint density at radius 3 is 2.58 bits per heavy atom. The highest BCUT2D eigenvalue weighted by molar-refractivity contribution is 7.92. The second kappa shape index (κ2) is 8.45. The molecule has 1 saturated heterocycles. The van der Waals surface area contributed by atoms with Gasteiger partial charge in [-0.3, -0.25) is 8.99 Å². The van der Waals surface area contributed by atoms with E-state index in [0.29, 0.717) is 52.2 Å². The van der Waals surface area contributed by atoms with E-state index in [1.54, 1.807) is 24.5 Å². The van der Waals surface area contributed by atoms with Gasteiger partial charge in [0.15, 0.2) is 5.65 Å². The highest BCUT2D eigenvalue weighted by Crippen LogP contribution is 2.37. The smallest absolute Gasteiger partial charge is 0.235 e. The van der Waals surface area contributed by atoms with Gasteiger partial charge in [0.05, 0.1) is 35.1 Å². The van der Waals surface area contributed by atoms with Crippen molar-refractivity contribution in [3.8, 4) is 11.3 Å². The number of aryl methyl sites for hydroxylation is 2. The number of fused-ring (bicyclic) bond motifs is 1. The van der Waals surface area contributed by atoms with Gasteiger partial charge in [-0.25, -0.2) is 32.7 Å². The molecule has 6 rings (SSSR count). The van der Waals surface area contributed by atoms with Crippen LogP contribution in [0.15, 0.2) is 30.6 Å². The molecule has 2 fully saturated rings. The Hall–Kier alpha value is -3.18. The number of hydrogen-bond acceptors (Lipinski definition) is 7. The Bertz CT molecular complexity index is 1620. The molecule has 0 N–H and O–H groups in total. The number of rotatable bonds is 4. The maximum Gasteiger partial charge on any atom is 0.235 e. The SMILES string of the molecule is Cc1nc2nc([C@@H]3CCS(=O)(=O)N(c4cnn(C5CC5)c4)C3)nc(-c3ccc(Cl)cc3F)c2nc1C. The van der Waals surface area contributed by atoms with E-state index in [4.69, 9.17) is 16.6 Å². The fraction of sp³-hybridized carbons (Fsp3) is 0.375. The summed E-state index contributed by atoms with van der Waals surface area (Å²) in [4.78, 5) is 18.6. The highest BCUT2D eigenvalue weighted by Gasteiger charge is 2.36. The first-order chi connectivity index (χ1) is 17.2. The fourth-order valence-corrected chi connectivity index (χ4v) is 6.24. The molecule has 12 heteroatoms. The van der Waals surface area contributed by atoms with Crippen molar-refractivity contribution in [1.29, 1.82) is 0 Å². The van der Waals surface area contributed by atoms with Crippen LogP contribution in [-0.4, -0.2) is 50.4 Å². The van der Waals surface area contributed by atoms with Crippen LogP contribution in [0.25, 0.3) is 22.4 Å². The van der Waals surface area contributed by atoms with Gasteiger partial charge in [-0.05, 0) is 51.3 Å². The molecule has 3 aromatic heterocycles. The zero-order valence-corrected chi connectivity index (χ0v) is 21.3. The normalized spacial score (nSPS) is 19.7. The Morgan fingerprint density at radius 1 is 1.06 bits per heavy atom. The monoisotopic (exact) mass is 527 g/mol. The van der Waals surface area contributed by atoms with Crippen molar-refractivity contribution in [2.75, 3.05) is 16.6 Å². The third-order valence-electron chi connectivity index (χ3n) is 6.75. The van der Waals surface area contributed by atoms with Crippen molar-refractivity contribution in [2.24, 2.45) is 0 Å². The van der Waals surface area contributed by atoms with Crippen LogP contribution in [0.4, 0.5) is 10.1 Å². The summed E-state index contributed by atoms with van der Waals surface area (Å²) in [7, 11) is -3.52. The van der Waals surface area contributed by atoms with Gasteiger partial charge in [0.25, 0.3) is 0 Å². The van der Waals surface area contributed by atoms with Gasteiger partial charge >= 0.3 is 0 Å². The first-order valence-electron chi connectivity index (χ1n) is 11.7. The quantitative estimate of drug-likeness (QED) is 0.388. The Morgan fingerprint density at radius 2 is 1.83 bits per heavy atom. The van der Waals surface area contributed by atoms with Gasteiger partial charge in [-0.1, -0.05) is 11.6 Å². The summed E-state index contributed by atoms with van der Waals surface area (Å²) in [5.74, 6) is -0.510. The third kappa shape index (κ3) is 4.09. The number of aromatic nitrogens is 6. The molecular weight excluding hydrogens is 505 g/mol. The van der Waals surface area contributed by atoms with Crippen LogP contribution < -0.4 is 4.31 Å². The Kier molecular flexibility index (Phi) is 5.45. The topological polar surface area (TPSA) is 107 Å². The average Bonchev–Trinajstić information content (AvgIpc) is 3.56. The Labute approximate surface area is 212 Å². The zero-order chi connectivity index (χ0) is 25.2. The molecule has 2 aliphatic rings. The van der Waals surface area contributed by atoms with Crippen LogP contribution in [0, 0.1) is 19.7 Å². The molecule has 0 unspecified atom stereocenters. The number of anilines is 1. The van der Waals surface area contributed by atoms with Crippen LogP contribution in [0.5, 0.6) is 0 Å². The van der Waals surface area contributed by atoms with Gasteiger partial charge in [-0.2, -0.15) is 5.10 Å². The standard InChI is InChI=1S/C24H23ClFN7O2S/c1-13-14(2)29-24-22(28-13)21(19-6-3-16(25)9-20(19)26)30-23(31-24)15-7-8-36(34,35)33(11-15)18-10-27-32(12-18)17-4-5-17/h3,6,9-10,12,15,17H,4-5,7-8,11H2,1-2H3/t15-/m1/s1. The second-order valence-corrected chi connectivity index (χ2v) is 11.8. The summed E-state index contributed by atoms with van der Waals surface area (Å²) in [6, 6.07) is 4.72. The van der Waals surface area contributed by atoms with E-state index in [2.05, 4.69) is 20.1 Å². The summed E-state index contributed by atoms with van der Waals surface area (Å²) in [6.07, 6.45) is 5.80. The van der Waals surface area contributed by atoms with Gasteiger partial charge in [0.1, 0.15) is 22.9 Å². The first-order valence-corrected chi connectivity index (χ1v) is 13.7. The fourth-order valence-electron chi connectivity index (χ4n) is 4.46. The predicted molar refractivity (Wildman–Crippen MR) is 134 cm³/mol. The lowest BCUT2D eigenvalue weighted by atomic mass is 10.0. The third-order valence-corrected chi connectivity index (χ3v) is 8.77. The van der Waals surface area contributed by atoms with Crippen LogP contribution in [0.2, 0.25) is 5.02 Å². The molecule has 1 saturated carbocycles. The molecule has 186 valence electrons. The van der Waals surface area contributed by atoms with Crippen molar-refractivity contribution in [2.45, 2.75) is 45.1 Å². The number of benzene rings is 1. The number of nitrogens with zero attached hydrogens (tertiary/aromatic N) is 7. The van der Waals surface area contributed by atoms with Crippen LogP contribution in [0.3, 0.4) is 0 Å². The lowest BCUT2D eigenvalue weighted by molar-refractivity contribution is 0.546. The first kappa shape index (κ1) is 23.2. The zero-order valence-electron chi connectivity index (χ0n) is 19.7. The molecule has 1 atom stereocenters. The summed E-state index contributed by atoms with van der Waals surface area (Å²) in [5, 5.41) is 4.63. The molecule has 4 aromatic rings. The maximum atomic E-state index is 15.0. The molecular formula is C24H23ClFN7O2S. The van der Waals surface area contributed by atoms with Crippen molar-refractivity contribution in [3.63, 3.8) is 0 Å². The molecule has 4 heterocycles. The largest absolute Gasteiger partial charge is 0.268 e. The van der Waals surface area contributed by atoms with Crippen molar-refractivity contribution in [3.05, 3.63) is 58.6 Å². The minimum atomic E-state index is -3.52. The van der Waals surface area contributed by atoms with Crippen LogP contribution >= 0.6 is 11.6 Å². The Balaban J connectivity index is 1.45. The highest BCUT2D eigenvalue weighted by atomic mass is 35.5. The maximum absolute atomic E-state index is 15.0. The van der Waals surface area contributed by atoms with E-state index < -0.39 is 15.8 Å². The van der Waals surface area contributed by atoms with E-state index in [0.717, 1.165) is 12.8 Å². The van der Waals surface area contributed by atoms with E-state index in [1.807, 2.05) is 18.5 Å². The molecule has 0 spiro atoms. The second-order valence-electron chi connectivity index (χ2n) is 9.36. The molecule has 1 aliphatic heterocycles. The van der Waals surface area contributed by atoms with Gasteiger partial charge in [0.2, 0.25) is 10.0 Å². The van der Waals surface area contributed by atoms with Gasteiger partial charge < -0.3 is 0 Å². The van der Waals surface area contributed by atoms with Crippen molar-refractivity contribution >= 4 is 38.5 Å². The van der Waals surface area contributed by atoms with Crippen molar-refractivity contribution in [1.82, 2.24) is 29.7 Å². The lowest BCUT2D eigenvalue weighted by Gasteiger charge is -2.32. The molecule has 1 aromatic carbocycles. The molecule has 0 amide bonds. The number of halogens is 2. The predicted octanol–water partition coefficient (Wildman–Crippen LogP) is 4.35. The molecule has 0 bridgehead atoms. The summed E-state index contributed by atoms with van der Waals surface area (Å²) in [6.45, 7) is 3.81. The molecule has 1 aliphatic carbocycles. The summed E-state index contributed by atoms with van der Waals surface area (Å²) >= 11 is 5.98. The van der Waals surface area contributed by atoms with E-state index >= 15 is 0 Å². The van der Waals surface area contributed by atoms with E-state index in [9.17, 15) is 12.8 Å². The van der Waals surface area contributed by atoms with E-state index in [-0.39, 0.29) is 28.8 Å². The lowest BCUT2D eigenvalue weighted by Crippen LogP contribution is -2.42. The molecule has 9 nitrogen and oxygen atoms in total. The average molecular weight is 528 g/mol. The minimum Gasteiger partial charge on any atom is -0.268 e. The number of hydrogen-bond donors (Lipinski definition) is 0.